The largest absolute Gasteiger partial charge is 0.378 e. The summed E-state index contributed by atoms with van der Waals surface area (Å²) in [5.74, 6) is 1.17. The van der Waals surface area contributed by atoms with E-state index >= 15 is 0 Å². The van der Waals surface area contributed by atoms with E-state index in [0.717, 1.165) is 35.2 Å². The lowest BCUT2D eigenvalue weighted by Gasteiger charge is -2.29. The Bertz CT molecular complexity index is 1190. The van der Waals surface area contributed by atoms with E-state index in [1.807, 2.05) is 36.6 Å². The third-order valence-corrected chi connectivity index (χ3v) is 5.75. The molecule has 0 aliphatic carbocycles. The van der Waals surface area contributed by atoms with Crippen molar-refractivity contribution in [1.29, 1.82) is 0 Å². The standard InChI is InChI=1S/C21H20N6O2S/c1-14-23-17(13-30-14)15-2-4-16(5-3-15)21(28)25-18-12-20(26-8-10-29-11-9-26)27-19(24-18)6-7-22-27/h2-7,12-13H,8-11H2,1H3,(H,24,25,28). The molecule has 4 heterocycles. The Balaban J connectivity index is 1.39. The highest BCUT2D eigenvalue weighted by molar-refractivity contribution is 7.09. The van der Waals surface area contributed by atoms with E-state index in [2.05, 4.69) is 25.3 Å². The van der Waals surface area contributed by atoms with Crippen molar-refractivity contribution in [3.8, 4) is 11.3 Å². The normalized spacial score (nSPS) is 14.2. The number of rotatable bonds is 4. The molecule has 3 aromatic heterocycles. The average molecular weight is 420 g/mol. The van der Waals surface area contributed by atoms with Crippen molar-refractivity contribution in [2.24, 2.45) is 0 Å². The Morgan fingerprint density at radius 2 is 1.93 bits per heavy atom. The molecule has 1 fully saturated rings. The lowest BCUT2D eigenvalue weighted by Crippen LogP contribution is -2.37. The summed E-state index contributed by atoms with van der Waals surface area (Å²) in [6, 6.07) is 11.1. The molecule has 152 valence electrons. The zero-order chi connectivity index (χ0) is 20.5. The Morgan fingerprint density at radius 3 is 2.67 bits per heavy atom. The summed E-state index contributed by atoms with van der Waals surface area (Å²) in [5, 5.41) is 10.3. The zero-order valence-corrected chi connectivity index (χ0v) is 17.2. The molecule has 1 amide bonds. The maximum absolute atomic E-state index is 12.8. The molecular weight excluding hydrogens is 400 g/mol. The number of amides is 1. The number of benzene rings is 1. The smallest absolute Gasteiger partial charge is 0.256 e. The molecule has 0 radical (unpaired) electrons. The SMILES string of the molecule is Cc1nc(-c2ccc(C(=O)Nc3cc(N4CCOCC4)n4nccc4n3)cc2)cs1. The van der Waals surface area contributed by atoms with Gasteiger partial charge in [-0.15, -0.1) is 11.3 Å². The van der Waals surface area contributed by atoms with Gasteiger partial charge in [-0.3, -0.25) is 4.79 Å². The highest BCUT2D eigenvalue weighted by Crippen LogP contribution is 2.23. The van der Waals surface area contributed by atoms with Gasteiger partial charge in [0.25, 0.3) is 5.91 Å². The van der Waals surface area contributed by atoms with Crippen LogP contribution < -0.4 is 10.2 Å². The molecule has 0 atom stereocenters. The van der Waals surface area contributed by atoms with Gasteiger partial charge in [0.05, 0.1) is 30.1 Å². The molecule has 1 saturated heterocycles. The number of nitrogens with zero attached hydrogens (tertiary/aromatic N) is 5. The second-order valence-electron chi connectivity index (χ2n) is 6.98. The molecule has 5 rings (SSSR count). The summed E-state index contributed by atoms with van der Waals surface area (Å²) in [5.41, 5.74) is 3.16. The maximum Gasteiger partial charge on any atom is 0.256 e. The van der Waals surface area contributed by atoms with Crippen molar-refractivity contribution >= 4 is 34.5 Å². The second kappa shape index (κ2) is 7.85. The van der Waals surface area contributed by atoms with Gasteiger partial charge in [0.2, 0.25) is 0 Å². The van der Waals surface area contributed by atoms with Crippen molar-refractivity contribution in [1.82, 2.24) is 19.6 Å². The summed E-state index contributed by atoms with van der Waals surface area (Å²) in [4.78, 5) is 24.0. The Hall–Kier alpha value is -3.30. The van der Waals surface area contributed by atoms with Crippen molar-refractivity contribution in [2.45, 2.75) is 6.92 Å². The monoisotopic (exact) mass is 420 g/mol. The molecular formula is C21H20N6O2S. The van der Waals surface area contributed by atoms with Gasteiger partial charge in [0.1, 0.15) is 11.6 Å². The van der Waals surface area contributed by atoms with E-state index in [0.29, 0.717) is 30.2 Å². The van der Waals surface area contributed by atoms with Gasteiger partial charge in [-0.25, -0.2) is 9.97 Å². The van der Waals surface area contributed by atoms with E-state index in [1.165, 1.54) is 0 Å². The lowest BCUT2D eigenvalue weighted by atomic mass is 10.1. The predicted molar refractivity (Wildman–Crippen MR) is 116 cm³/mol. The third-order valence-electron chi connectivity index (χ3n) is 4.98. The number of carbonyl (C=O) groups is 1. The third kappa shape index (κ3) is 3.64. The highest BCUT2D eigenvalue weighted by atomic mass is 32.1. The number of aryl methyl sites for hydroxylation is 1. The Kier molecular flexibility index (Phi) is 4.89. The van der Waals surface area contributed by atoms with Crippen LogP contribution in [0.2, 0.25) is 0 Å². The molecule has 9 heteroatoms. The van der Waals surface area contributed by atoms with Crippen LogP contribution in [0.4, 0.5) is 11.6 Å². The van der Waals surface area contributed by atoms with Crippen LogP contribution in [0.25, 0.3) is 16.9 Å². The number of carbonyl (C=O) groups excluding carboxylic acids is 1. The average Bonchev–Trinajstić information content (AvgIpc) is 3.43. The van der Waals surface area contributed by atoms with Crippen molar-refractivity contribution in [2.75, 3.05) is 36.5 Å². The van der Waals surface area contributed by atoms with Gasteiger partial charge in [-0.05, 0) is 19.1 Å². The molecule has 1 aromatic carbocycles. The molecule has 0 spiro atoms. The summed E-state index contributed by atoms with van der Waals surface area (Å²) in [6.07, 6.45) is 1.71. The van der Waals surface area contributed by atoms with Crippen LogP contribution in [0.3, 0.4) is 0 Å². The van der Waals surface area contributed by atoms with E-state index < -0.39 is 0 Å². The fourth-order valence-electron chi connectivity index (χ4n) is 3.46. The van der Waals surface area contributed by atoms with Crippen LogP contribution in [-0.4, -0.2) is 51.8 Å². The zero-order valence-electron chi connectivity index (χ0n) is 16.4. The first-order valence-corrected chi connectivity index (χ1v) is 10.6. The fourth-order valence-corrected chi connectivity index (χ4v) is 4.08. The van der Waals surface area contributed by atoms with E-state index in [9.17, 15) is 4.79 Å². The molecule has 1 N–H and O–H groups in total. The maximum atomic E-state index is 12.8. The molecule has 8 nitrogen and oxygen atoms in total. The minimum atomic E-state index is -0.208. The number of thiazole rings is 1. The molecule has 0 unspecified atom stereocenters. The van der Waals surface area contributed by atoms with Crippen LogP contribution in [0.1, 0.15) is 15.4 Å². The summed E-state index contributed by atoms with van der Waals surface area (Å²) < 4.78 is 7.23. The van der Waals surface area contributed by atoms with Crippen LogP contribution >= 0.6 is 11.3 Å². The molecule has 1 aliphatic heterocycles. The van der Waals surface area contributed by atoms with Gasteiger partial charge in [0, 0.05) is 41.7 Å². The first kappa shape index (κ1) is 18.7. The molecule has 30 heavy (non-hydrogen) atoms. The summed E-state index contributed by atoms with van der Waals surface area (Å²) >= 11 is 1.61. The first-order valence-electron chi connectivity index (χ1n) is 9.69. The number of anilines is 2. The number of nitrogens with one attached hydrogen (secondary N) is 1. The molecule has 4 aromatic rings. The van der Waals surface area contributed by atoms with Gasteiger partial charge < -0.3 is 15.0 Å². The van der Waals surface area contributed by atoms with Crippen LogP contribution in [0, 0.1) is 6.92 Å². The number of hydrogen-bond acceptors (Lipinski definition) is 7. The van der Waals surface area contributed by atoms with Gasteiger partial charge >= 0.3 is 0 Å². The number of ether oxygens (including phenoxy) is 1. The topological polar surface area (TPSA) is 84.7 Å². The lowest BCUT2D eigenvalue weighted by molar-refractivity contribution is 0.102. The van der Waals surface area contributed by atoms with Gasteiger partial charge in [0.15, 0.2) is 5.65 Å². The van der Waals surface area contributed by atoms with Crippen molar-refractivity contribution in [3.63, 3.8) is 0 Å². The van der Waals surface area contributed by atoms with E-state index in [-0.39, 0.29) is 5.91 Å². The minimum absolute atomic E-state index is 0.208. The summed E-state index contributed by atoms with van der Waals surface area (Å²) in [6.45, 7) is 4.84. The molecule has 0 saturated carbocycles. The summed E-state index contributed by atoms with van der Waals surface area (Å²) in [7, 11) is 0. The van der Waals surface area contributed by atoms with Crippen LogP contribution in [-0.2, 0) is 4.74 Å². The number of aromatic nitrogens is 4. The first-order chi connectivity index (χ1) is 14.7. The quantitative estimate of drug-likeness (QED) is 0.546. The van der Waals surface area contributed by atoms with Crippen LogP contribution in [0.5, 0.6) is 0 Å². The minimum Gasteiger partial charge on any atom is -0.378 e. The van der Waals surface area contributed by atoms with Crippen molar-refractivity contribution < 1.29 is 9.53 Å². The second-order valence-corrected chi connectivity index (χ2v) is 8.05. The van der Waals surface area contributed by atoms with E-state index in [4.69, 9.17) is 4.74 Å². The van der Waals surface area contributed by atoms with Gasteiger partial charge in [-0.2, -0.15) is 9.61 Å². The fraction of sp³-hybridized carbons (Fsp3) is 0.238. The van der Waals surface area contributed by atoms with E-state index in [1.54, 1.807) is 34.2 Å². The van der Waals surface area contributed by atoms with Crippen LogP contribution in [0.15, 0.2) is 48.0 Å². The van der Waals surface area contributed by atoms with Crippen molar-refractivity contribution in [3.05, 3.63) is 58.5 Å². The predicted octanol–water partition coefficient (Wildman–Crippen LogP) is 3.25. The Morgan fingerprint density at radius 1 is 1.13 bits per heavy atom. The molecule has 0 bridgehead atoms. The Labute approximate surface area is 177 Å². The number of morpholine rings is 1. The van der Waals surface area contributed by atoms with Gasteiger partial charge in [-0.1, -0.05) is 12.1 Å². The highest BCUT2D eigenvalue weighted by Gasteiger charge is 2.18. The number of fused-ring (bicyclic) bond motifs is 1. The number of hydrogen-bond donors (Lipinski definition) is 1. The molecule has 1 aliphatic rings.